The highest BCUT2D eigenvalue weighted by Crippen LogP contribution is 2.24. The number of nitrogens with one attached hydrogen (secondary N) is 1. The van der Waals surface area contributed by atoms with E-state index in [0.29, 0.717) is 6.42 Å². The van der Waals surface area contributed by atoms with Gasteiger partial charge < -0.3 is 4.90 Å². The van der Waals surface area contributed by atoms with Crippen LogP contribution in [0.2, 0.25) is 5.02 Å². The average Bonchev–Trinajstić information content (AvgIpc) is 3.19. The Bertz CT molecular complexity index is 1100. The molecule has 7 nitrogen and oxygen atoms in total. The molecule has 1 N–H and O–H groups in total. The molecule has 0 bridgehead atoms. The van der Waals surface area contributed by atoms with E-state index in [1.807, 2.05) is 0 Å². The van der Waals surface area contributed by atoms with Gasteiger partial charge in [0, 0.05) is 18.1 Å². The van der Waals surface area contributed by atoms with Crippen LogP contribution >= 0.6 is 11.6 Å². The minimum atomic E-state index is -3.94. The number of carbonyl (C=O) groups is 1. The zero-order valence-corrected chi connectivity index (χ0v) is 18.0. The van der Waals surface area contributed by atoms with Crippen molar-refractivity contribution in [2.24, 2.45) is 0 Å². The predicted octanol–water partition coefficient (Wildman–Crippen LogP) is 2.08. The first-order valence-electron chi connectivity index (χ1n) is 8.97. The molecule has 0 radical (unpaired) electrons. The molecule has 0 spiro atoms. The van der Waals surface area contributed by atoms with Crippen LogP contribution in [0, 0.1) is 0 Å². The van der Waals surface area contributed by atoms with Crippen LogP contribution in [0.5, 0.6) is 0 Å². The van der Waals surface area contributed by atoms with E-state index in [-0.39, 0.29) is 27.9 Å². The maximum Gasteiger partial charge on any atom is 0.241 e. The number of amides is 1. The summed E-state index contributed by atoms with van der Waals surface area (Å²) in [6, 6.07) is 12.8. The number of rotatable bonds is 6. The van der Waals surface area contributed by atoms with Crippen LogP contribution in [0.3, 0.4) is 0 Å². The number of hydrogen-bond acceptors (Lipinski definition) is 5. The van der Waals surface area contributed by atoms with Gasteiger partial charge in [-0.3, -0.25) is 4.79 Å². The van der Waals surface area contributed by atoms with Gasteiger partial charge in [0.1, 0.15) is 0 Å². The van der Waals surface area contributed by atoms with Crippen LogP contribution in [-0.4, -0.2) is 52.0 Å². The maximum atomic E-state index is 12.8. The van der Waals surface area contributed by atoms with Gasteiger partial charge in [-0.2, -0.15) is 4.72 Å². The minimum Gasteiger partial charge on any atom is -0.340 e. The Morgan fingerprint density at radius 3 is 2.38 bits per heavy atom. The molecule has 1 fully saturated rings. The highest BCUT2D eigenvalue weighted by Gasteiger charge is 2.37. The first-order valence-corrected chi connectivity index (χ1v) is 12.4. The quantitative estimate of drug-likeness (QED) is 0.717. The zero-order chi connectivity index (χ0) is 21.2. The second kappa shape index (κ2) is 8.43. The van der Waals surface area contributed by atoms with Gasteiger partial charge in [-0.1, -0.05) is 35.9 Å². The zero-order valence-electron chi connectivity index (χ0n) is 15.7. The number of hydrogen-bond donors (Lipinski definition) is 1. The van der Waals surface area contributed by atoms with Crippen molar-refractivity contribution in [2.75, 3.05) is 13.1 Å². The van der Waals surface area contributed by atoms with Crippen LogP contribution < -0.4 is 4.72 Å². The summed E-state index contributed by atoms with van der Waals surface area (Å²) in [4.78, 5) is 14.3. The van der Waals surface area contributed by atoms with Crippen LogP contribution in [-0.2, 0) is 24.7 Å². The molecule has 1 aliphatic heterocycles. The predicted molar refractivity (Wildman–Crippen MR) is 110 cm³/mol. The molecule has 2 atom stereocenters. The fraction of sp³-hybridized carbons (Fsp3) is 0.316. The molecule has 1 heterocycles. The van der Waals surface area contributed by atoms with Gasteiger partial charge in [-0.05, 0) is 43.7 Å². The van der Waals surface area contributed by atoms with Gasteiger partial charge in [0.25, 0.3) is 0 Å². The first-order chi connectivity index (χ1) is 13.6. The molecule has 1 aliphatic rings. The fourth-order valence-electron chi connectivity index (χ4n) is 3.24. The maximum absolute atomic E-state index is 12.8. The summed E-state index contributed by atoms with van der Waals surface area (Å²) in [7, 11) is -7.50. The van der Waals surface area contributed by atoms with Gasteiger partial charge in [-0.15, -0.1) is 0 Å². The molecular weight excluding hydrogens is 436 g/mol. The molecule has 1 saturated heterocycles. The number of benzene rings is 2. The molecule has 2 unspecified atom stereocenters. The highest BCUT2D eigenvalue weighted by atomic mass is 35.5. The van der Waals surface area contributed by atoms with Crippen molar-refractivity contribution >= 4 is 37.4 Å². The van der Waals surface area contributed by atoms with Crippen LogP contribution in [0.4, 0.5) is 0 Å². The first kappa shape index (κ1) is 21.8. The van der Waals surface area contributed by atoms with Crippen molar-refractivity contribution in [3.63, 3.8) is 0 Å². The monoisotopic (exact) mass is 456 g/mol. The smallest absolute Gasteiger partial charge is 0.241 e. The van der Waals surface area contributed by atoms with E-state index in [2.05, 4.69) is 4.72 Å². The van der Waals surface area contributed by atoms with Crippen molar-refractivity contribution in [2.45, 2.75) is 34.4 Å². The number of carbonyl (C=O) groups excluding carboxylic acids is 1. The van der Waals surface area contributed by atoms with E-state index in [4.69, 9.17) is 11.6 Å². The molecule has 2 aromatic rings. The van der Waals surface area contributed by atoms with E-state index in [1.54, 1.807) is 24.3 Å². The molecular formula is C19H21ClN2O5S2. The highest BCUT2D eigenvalue weighted by molar-refractivity contribution is 7.92. The lowest BCUT2D eigenvalue weighted by Crippen LogP contribution is -2.46. The van der Waals surface area contributed by atoms with Crippen molar-refractivity contribution in [3.8, 4) is 0 Å². The molecule has 0 saturated carbocycles. The number of nitrogens with zero attached hydrogens (tertiary/aromatic N) is 1. The molecule has 3 rings (SSSR count). The number of likely N-dealkylation sites (tertiary alicyclic amines) is 1. The van der Waals surface area contributed by atoms with Gasteiger partial charge >= 0.3 is 0 Å². The Labute approximate surface area is 175 Å². The third kappa shape index (κ3) is 4.80. The molecule has 1 amide bonds. The van der Waals surface area contributed by atoms with Crippen molar-refractivity contribution in [3.05, 3.63) is 59.6 Å². The van der Waals surface area contributed by atoms with E-state index >= 15 is 0 Å². The number of sulfonamides is 1. The van der Waals surface area contributed by atoms with E-state index in [9.17, 15) is 21.6 Å². The van der Waals surface area contributed by atoms with Crippen LogP contribution in [0.1, 0.15) is 13.3 Å². The second-order valence-corrected chi connectivity index (χ2v) is 11.2. The topological polar surface area (TPSA) is 101 Å². The normalized spacial score (nSPS) is 18.6. The van der Waals surface area contributed by atoms with Crippen molar-refractivity contribution < 1.29 is 21.6 Å². The largest absolute Gasteiger partial charge is 0.340 e. The summed E-state index contributed by atoms with van der Waals surface area (Å²) in [6.07, 6.45) is 0.302. The van der Waals surface area contributed by atoms with Gasteiger partial charge in [0.05, 0.1) is 21.1 Å². The Kier molecular flexibility index (Phi) is 6.33. The molecule has 0 aliphatic carbocycles. The molecule has 29 heavy (non-hydrogen) atoms. The molecule has 156 valence electrons. The number of sulfone groups is 1. The third-order valence-corrected chi connectivity index (χ3v) is 8.74. The van der Waals surface area contributed by atoms with Crippen LogP contribution in [0.25, 0.3) is 0 Å². The summed E-state index contributed by atoms with van der Waals surface area (Å²) >= 11 is 5.84. The molecule has 10 heteroatoms. The molecule has 0 aromatic heterocycles. The summed E-state index contributed by atoms with van der Waals surface area (Å²) in [5, 5.41) is -0.453. The summed E-state index contributed by atoms with van der Waals surface area (Å²) in [5.74, 6) is -0.471. The minimum absolute atomic E-state index is 0.0271. The fourth-order valence-corrected chi connectivity index (χ4v) is 6.45. The lowest BCUT2D eigenvalue weighted by atomic mass is 10.3. The lowest BCUT2D eigenvalue weighted by Gasteiger charge is -2.22. The Morgan fingerprint density at radius 1 is 1.07 bits per heavy atom. The standard InChI is InChI=1S/C19H21ClN2O5S2/c1-14(21-29(26,27)17-9-5-6-15(20)12-17)19(23)22-11-10-18(13-22)28(24,25)16-7-3-2-4-8-16/h2-9,12,14,18,21H,10-11,13H2,1H3. The number of halogens is 1. The molecule has 2 aromatic carbocycles. The summed E-state index contributed by atoms with van der Waals surface area (Å²) in [6.45, 7) is 1.71. The second-order valence-electron chi connectivity index (χ2n) is 6.85. The van der Waals surface area contributed by atoms with Gasteiger partial charge in [0.15, 0.2) is 9.84 Å². The Morgan fingerprint density at radius 2 is 1.72 bits per heavy atom. The summed E-state index contributed by atoms with van der Waals surface area (Å²) < 4.78 is 52.8. The van der Waals surface area contributed by atoms with E-state index in [1.165, 1.54) is 42.2 Å². The van der Waals surface area contributed by atoms with Gasteiger partial charge in [-0.25, -0.2) is 16.8 Å². The Balaban J connectivity index is 1.68. The average molecular weight is 457 g/mol. The van der Waals surface area contributed by atoms with Gasteiger partial charge in [0.2, 0.25) is 15.9 Å². The van der Waals surface area contributed by atoms with Crippen molar-refractivity contribution in [1.29, 1.82) is 0 Å². The van der Waals surface area contributed by atoms with E-state index < -0.39 is 37.1 Å². The SMILES string of the molecule is CC(NS(=O)(=O)c1cccc(Cl)c1)C(=O)N1CCC(S(=O)(=O)c2ccccc2)C1. The Hall–Kier alpha value is -1.94. The lowest BCUT2D eigenvalue weighted by molar-refractivity contribution is -0.131. The third-order valence-electron chi connectivity index (χ3n) is 4.78. The van der Waals surface area contributed by atoms with Crippen LogP contribution in [0.15, 0.2) is 64.4 Å². The summed E-state index contributed by atoms with van der Waals surface area (Å²) in [5.41, 5.74) is 0. The van der Waals surface area contributed by atoms with Crippen molar-refractivity contribution in [1.82, 2.24) is 9.62 Å². The van der Waals surface area contributed by atoms with E-state index in [0.717, 1.165) is 0 Å².